The average Bonchev–Trinajstić information content (AvgIpc) is 2.69. The molecule has 7 heteroatoms. The summed E-state index contributed by atoms with van der Waals surface area (Å²) in [7, 11) is -3.51. The number of anilines is 1. The SMILES string of the molecule is CC[C@H]1CCCCN1S(=O)(=O)c1ccc(NC(=O)c2cccnc2)cc1. The second kappa shape index (κ2) is 7.97. The Morgan fingerprint density at radius 2 is 2.00 bits per heavy atom. The number of benzene rings is 1. The van der Waals surface area contributed by atoms with Crippen LogP contribution in [0.3, 0.4) is 0 Å². The summed E-state index contributed by atoms with van der Waals surface area (Å²) in [5.41, 5.74) is 0.992. The topological polar surface area (TPSA) is 79.4 Å². The van der Waals surface area contributed by atoms with Gasteiger partial charge >= 0.3 is 0 Å². The molecule has 3 rings (SSSR count). The van der Waals surface area contributed by atoms with Crippen LogP contribution in [0, 0.1) is 0 Å². The zero-order chi connectivity index (χ0) is 18.6. The summed E-state index contributed by atoms with van der Waals surface area (Å²) in [6.45, 7) is 2.59. The van der Waals surface area contributed by atoms with Crippen molar-refractivity contribution in [3.63, 3.8) is 0 Å². The molecule has 0 spiro atoms. The lowest BCUT2D eigenvalue weighted by molar-refractivity contribution is 0.102. The van der Waals surface area contributed by atoms with E-state index in [-0.39, 0.29) is 16.8 Å². The van der Waals surface area contributed by atoms with E-state index < -0.39 is 10.0 Å². The van der Waals surface area contributed by atoms with Crippen molar-refractivity contribution in [3.05, 3.63) is 54.4 Å². The van der Waals surface area contributed by atoms with E-state index in [9.17, 15) is 13.2 Å². The van der Waals surface area contributed by atoms with E-state index >= 15 is 0 Å². The van der Waals surface area contributed by atoms with Crippen LogP contribution in [-0.4, -0.2) is 36.2 Å². The summed E-state index contributed by atoms with van der Waals surface area (Å²) in [6, 6.07) is 9.76. The molecule has 1 aliphatic heterocycles. The molecule has 0 unspecified atom stereocenters. The molecule has 1 amide bonds. The number of rotatable bonds is 5. The molecule has 6 nitrogen and oxygen atoms in total. The number of sulfonamides is 1. The maximum atomic E-state index is 12.9. The van der Waals surface area contributed by atoms with Crippen molar-refractivity contribution in [2.45, 2.75) is 43.5 Å². The van der Waals surface area contributed by atoms with Crippen LogP contribution in [0.2, 0.25) is 0 Å². The lowest BCUT2D eigenvalue weighted by Crippen LogP contribution is -2.43. The van der Waals surface area contributed by atoms with Crippen LogP contribution in [0.4, 0.5) is 5.69 Å². The first kappa shape index (κ1) is 18.5. The lowest BCUT2D eigenvalue weighted by Gasteiger charge is -2.34. The highest BCUT2D eigenvalue weighted by Gasteiger charge is 2.32. The van der Waals surface area contributed by atoms with E-state index in [2.05, 4.69) is 10.3 Å². The number of piperidine rings is 1. The van der Waals surface area contributed by atoms with Gasteiger partial charge in [0.1, 0.15) is 0 Å². The van der Waals surface area contributed by atoms with Crippen LogP contribution >= 0.6 is 0 Å². The maximum Gasteiger partial charge on any atom is 0.257 e. The third-order valence-corrected chi connectivity index (χ3v) is 6.65. The van der Waals surface area contributed by atoms with E-state index in [1.54, 1.807) is 46.9 Å². The van der Waals surface area contributed by atoms with Gasteiger partial charge in [-0.2, -0.15) is 4.31 Å². The van der Waals surface area contributed by atoms with Gasteiger partial charge in [-0.15, -0.1) is 0 Å². The molecule has 0 bridgehead atoms. The van der Waals surface area contributed by atoms with Gasteiger partial charge in [0.05, 0.1) is 10.5 Å². The average molecular weight is 373 g/mol. The van der Waals surface area contributed by atoms with E-state index in [1.807, 2.05) is 6.92 Å². The number of nitrogens with zero attached hydrogens (tertiary/aromatic N) is 2. The fourth-order valence-electron chi connectivity index (χ4n) is 3.24. The van der Waals surface area contributed by atoms with Crippen LogP contribution in [-0.2, 0) is 10.0 Å². The zero-order valence-electron chi connectivity index (χ0n) is 14.8. The quantitative estimate of drug-likeness (QED) is 0.872. The molecule has 0 aliphatic carbocycles. The molecule has 2 aromatic rings. The molecule has 2 heterocycles. The fourth-order valence-corrected chi connectivity index (χ4v) is 5.01. The van der Waals surface area contributed by atoms with E-state index in [0.717, 1.165) is 25.7 Å². The first-order valence-corrected chi connectivity index (χ1v) is 10.3. The standard InChI is InChI=1S/C19H23N3O3S/c1-2-17-7-3-4-13-22(17)26(24,25)18-10-8-16(9-11-18)21-19(23)15-6-5-12-20-14-15/h5-6,8-12,14,17H,2-4,7,13H2,1H3,(H,21,23)/t17-/m0/s1. The zero-order valence-corrected chi connectivity index (χ0v) is 15.6. The van der Waals surface area contributed by atoms with E-state index in [0.29, 0.717) is 17.8 Å². The van der Waals surface area contributed by atoms with Crippen molar-refractivity contribution >= 4 is 21.6 Å². The van der Waals surface area contributed by atoms with Crippen LogP contribution in [0.25, 0.3) is 0 Å². The summed E-state index contributed by atoms with van der Waals surface area (Å²) >= 11 is 0. The first-order valence-electron chi connectivity index (χ1n) is 8.85. The van der Waals surface area contributed by atoms with Gasteiger partial charge in [0.25, 0.3) is 5.91 Å². The Balaban J connectivity index is 1.75. The Labute approximate surface area is 154 Å². The van der Waals surface area contributed by atoms with Gasteiger partial charge in [-0.1, -0.05) is 13.3 Å². The number of hydrogen-bond donors (Lipinski definition) is 1. The third kappa shape index (κ3) is 3.94. The van der Waals surface area contributed by atoms with Gasteiger partial charge in [0.15, 0.2) is 0 Å². The third-order valence-electron chi connectivity index (χ3n) is 4.69. The molecule has 1 fully saturated rings. The summed E-state index contributed by atoms with van der Waals surface area (Å²) in [5, 5.41) is 2.75. The monoisotopic (exact) mass is 373 g/mol. The Morgan fingerprint density at radius 3 is 2.65 bits per heavy atom. The highest BCUT2D eigenvalue weighted by molar-refractivity contribution is 7.89. The first-order chi connectivity index (χ1) is 12.5. The van der Waals surface area contributed by atoms with Crippen molar-refractivity contribution in [2.24, 2.45) is 0 Å². The predicted molar refractivity (Wildman–Crippen MR) is 100 cm³/mol. The van der Waals surface area contributed by atoms with Crippen LogP contribution in [0.1, 0.15) is 43.0 Å². The molecular weight excluding hydrogens is 350 g/mol. The number of carbonyl (C=O) groups excluding carboxylic acids is 1. The van der Waals surface area contributed by atoms with E-state index in [4.69, 9.17) is 0 Å². The number of aromatic nitrogens is 1. The molecule has 1 aromatic heterocycles. The number of nitrogens with one attached hydrogen (secondary N) is 1. The van der Waals surface area contributed by atoms with Crippen molar-refractivity contribution in [2.75, 3.05) is 11.9 Å². The highest BCUT2D eigenvalue weighted by atomic mass is 32.2. The summed E-state index contributed by atoms with van der Waals surface area (Å²) in [6.07, 6.45) is 6.78. The van der Waals surface area contributed by atoms with Gasteiger partial charge in [-0.3, -0.25) is 9.78 Å². The Morgan fingerprint density at radius 1 is 1.23 bits per heavy atom. The second-order valence-electron chi connectivity index (χ2n) is 6.39. The van der Waals surface area contributed by atoms with Crippen molar-refractivity contribution in [3.8, 4) is 0 Å². The van der Waals surface area contributed by atoms with Crippen molar-refractivity contribution < 1.29 is 13.2 Å². The Bertz CT molecular complexity index is 851. The second-order valence-corrected chi connectivity index (χ2v) is 8.28. The number of pyridine rings is 1. The van der Waals surface area contributed by atoms with Gasteiger partial charge < -0.3 is 5.32 Å². The molecular formula is C19H23N3O3S. The van der Waals surface area contributed by atoms with Gasteiger partial charge in [-0.05, 0) is 55.7 Å². The molecule has 1 atom stereocenters. The minimum Gasteiger partial charge on any atom is -0.322 e. The van der Waals surface area contributed by atoms with Crippen LogP contribution in [0.5, 0.6) is 0 Å². The lowest BCUT2D eigenvalue weighted by atomic mass is 10.0. The molecule has 0 radical (unpaired) electrons. The number of carbonyl (C=O) groups is 1. The van der Waals surface area contributed by atoms with Gasteiger partial charge in [0.2, 0.25) is 10.0 Å². The molecule has 1 N–H and O–H groups in total. The van der Waals surface area contributed by atoms with Gasteiger partial charge in [0, 0.05) is 30.7 Å². The maximum absolute atomic E-state index is 12.9. The van der Waals surface area contributed by atoms with E-state index in [1.165, 1.54) is 6.20 Å². The predicted octanol–water partition coefficient (Wildman–Crippen LogP) is 3.29. The fraction of sp³-hybridized carbons (Fsp3) is 0.368. The Kier molecular flexibility index (Phi) is 5.68. The molecule has 0 saturated carbocycles. The summed E-state index contributed by atoms with van der Waals surface area (Å²) in [5.74, 6) is -0.282. The van der Waals surface area contributed by atoms with Crippen molar-refractivity contribution in [1.29, 1.82) is 0 Å². The molecule has 1 aromatic carbocycles. The Hall–Kier alpha value is -2.25. The van der Waals surface area contributed by atoms with Crippen molar-refractivity contribution in [1.82, 2.24) is 9.29 Å². The molecule has 138 valence electrons. The largest absolute Gasteiger partial charge is 0.322 e. The molecule has 26 heavy (non-hydrogen) atoms. The van der Waals surface area contributed by atoms with Crippen LogP contribution < -0.4 is 5.32 Å². The van der Waals surface area contributed by atoms with Crippen LogP contribution in [0.15, 0.2) is 53.7 Å². The summed E-state index contributed by atoms with van der Waals surface area (Å²) in [4.78, 5) is 16.3. The number of hydrogen-bond acceptors (Lipinski definition) is 4. The number of amides is 1. The highest BCUT2D eigenvalue weighted by Crippen LogP contribution is 2.27. The smallest absolute Gasteiger partial charge is 0.257 e. The normalized spacial score (nSPS) is 18.4. The minimum absolute atomic E-state index is 0.0682. The van der Waals surface area contributed by atoms with Gasteiger partial charge in [-0.25, -0.2) is 8.42 Å². The molecule has 1 aliphatic rings. The molecule has 1 saturated heterocycles. The summed E-state index contributed by atoms with van der Waals surface area (Å²) < 4.78 is 27.5. The minimum atomic E-state index is -3.51.